The minimum atomic E-state index is 0.0754. The number of aromatic nitrogens is 2. The molecule has 1 heterocycles. The number of nitrogens with two attached hydrogens (primary N) is 1. The van der Waals surface area contributed by atoms with Crippen LogP contribution in [0.5, 0.6) is 0 Å². The Morgan fingerprint density at radius 1 is 1.39 bits per heavy atom. The van der Waals surface area contributed by atoms with Crippen molar-refractivity contribution in [3.63, 3.8) is 0 Å². The highest BCUT2D eigenvalue weighted by atomic mass is 15.2. The molecule has 0 spiro atoms. The van der Waals surface area contributed by atoms with Crippen LogP contribution in [-0.2, 0) is 0 Å². The van der Waals surface area contributed by atoms with Crippen LogP contribution in [0, 0.1) is 12.3 Å². The fourth-order valence-corrected chi connectivity index (χ4v) is 1.81. The molecule has 5 nitrogen and oxygen atoms in total. The summed E-state index contributed by atoms with van der Waals surface area (Å²) >= 11 is 0. The van der Waals surface area contributed by atoms with E-state index in [1.807, 2.05) is 20.0 Å². The van der Waals surface area contributed by atoms with Gasteiger partial charge in [-0.3, -0.25) is 0 Å². The minimum Gasteiger partial charge on any atom is -0.370 e. The minimum absolute atomic E-state index is 0.0754. The smallest absolute Gasteiger partial charge is 0.134 e. The Kier molecular flexibility index (Phi) is 4.90. The molecular formula is C13H25N5. The summed E-state index contributed by atoms with van der Waals surface area (Å²) < 4.78 is 0. The lowest BCUT2D eigenvalue weighted by Crippen LogP contribution is -2.37. The number of aryl methyl sites for hydroxylation is 1. The van der Waals surface area contributed by atoms with E-state index in [9.17, 15) is 0 Å². The van der Waals surface area contributed by atoms with Crippen LogP contribution in [0.1, 0.15) is 26.6 Å². The summed E-state index contributed by atoms with van der Waals surface area (Å²) in [4.78, 5) is 10.9. The SMILES string of the molecule is CCNc1cc(N(C)CC(C)(C)CN)nc(C)n1. The van der Waals surface area contributed by atoms with Crippen molar-refractivity contribution in [2.45, 2.75) is 27.7 Å². The molecule has 5 heteroatoms. The van der Waals surface area contributed by atoms with Gasteiger partial charge in [0.25, 0.3) is 0 Å². The summed E-state index contributed by atoms with van der Waals surface area (Å²) in [5, 5.41) is 3.22. The fourth-order valence-electron chi connectivity index (χ4n) is 1.81. The number of nitrogens with one attached hydrogen (secondary N) is 1. The molecule has 0 amide bonds. The molecule has 0 aliphatic rings. The highest BCUT2D eigenvalue weighted by Crippen LogP contribution is 2.20. The van der Waals surface area contributed by atoms with E-state index in [4.69, 9.17) is 5.73 Å². The predicted octanol–water partition coefficient (Wildman–Crippen LogP) is 1.64. The Morgan fingerprint density at radius 2 is 2.06 bits per heavy atom. The Balaban J connectivity index is 2.88. The maximum absolute atomic E-state index is 5.77. The van der Waals surface area contributed by atoms with Gasteiger partial charge in [-0.25, -0.2) is 9.97 Å². The molecule has 0 aliphatic carbocycles. The van der Waals surface area contributed by atoms with Gasteiger partial charge < -0.3 is 16.0 Å². The first-order valence-electron chi connectivity index (χ1n) is 6.38. The summed E-state index contributed by atoms with van der Waals surface area (Å²) in [6, 6.07) is 1.98. The molecule has 1 rings (SSSR count). The van der Waals surface area contributed by atoms with E-state index in [1.54, 1.807) is 0 Å². The molecule has 0 fully saturated rings. The third-order valence-corrected chi connectivity index (χ3v) is 2.79. The molecule has 0 saturated heterocycles. The molecule has 0 atom stereocenters. The van der Waals surface area contributed by atoms with E-state index in [0.717, 1.165) is 30.5 Å². The van der Waals surface area contributed by atoms with E-state index in [1.165, 1.54) is 0 Å². The van der Waals surface area contributed by atoms with Crippen molar-refractivity contribution in [3.8, 4) is 0 Å². The molecule has 1 aromatic rings. The number of rotatable bonds is 6. The first kappa shape index (κ1) is 14.7. The molecule has 0 aliphatic heterocycles. The second-order valence-corrected chi connectivity index (χ2v) is 5.41. The Hall–Kier alpha value is -1.36. The lowest BCUT2D eigenvalue weighted by molar-refractivity contribution is 0.384. The van der Waals surface area contributed by atoms with Gasteiger partial charge in [0, 0.05) is 26.2 Å². The van der Waals surface area contributed by atoms with Gasteiger partial charge in [-0.1, -0.05) is 13.8 Å². The molecule has 0 aromatic carbocycles. The Morgan fingerprint density at radius 3 is 2.61 bits per heavy atom. The van der Waals surface area contributed by atoms with Crippen LogP contribution in [0.2, 0.25) is 0 Å². The van der Waals surface area contributed by atoms with Gasteiger partial charge >= 0.3 is 0 Å². The van der Waals surface area contributed by atoms with Crippen LogP contribution < -0.4 is 16.0 Å². The van der Waals surface area contributed by atoms with E-state index in [0.29, 0.717) is 6.54 Å². The molecule has 102 valence electrons. The maximum Gasteiger partial charge on any atom is 0.134 e. The van der Waals surface area contributed by atoms with Gasteiger partial charge in [0.05, 0.1) is 0 Å². The van der Waals surface area contributed by atoms with Crippen molar-refractivity contribution in [3.05, 3.63) is 11.9 Å². The van der Waals surface area contributed by atoms with Crippen LogP contribution in [0.4, 0.5) is 11.6 Å². The van der Waals surface area contributed by atoms with Crippen LogP contribution >= 0.6 is 0 Å². The summed E-state index contributed by atoms with van der Waals surface area (Å²) in [6.07, 6.45) is 0. The van der Waals surface area contributed by atoms with Gasteiger partial charge in [0.2, 0.25) is 0 Å². The molecule has 0 saturated carbocycles. The van der Waals surface area contributed by atoms with Crippen LogP contribution in [-0.4, -0.2) is 36.6 Å². The molecule has 3 N–H and O–H groups in total. The molecule has 0 bridgehead atoms. The maximum atomic E-state index is 5.77. The largest absolute Gasteiger partial charge is 0.370 e. The normalized spacial score (nSPS) is 11.4. The third-order valence-electron chi connectivity index (χ3n) is 2.79. The Bertz CT molecular complexity index is 389. The van der Waals surface area contributed by atoms with Crippen LogP contribution in [0.15, 0.2) is 6.07 Å². The average Bonchev–Trinajstić information content (AvgIpc) is 2.28. The van der Waals surface area contributed by atoms with Crippen molar-refractivity contribution in [1.29, 1.82) is 0 Å². The molecule has 0 unspecified atom stereocenters. The highest BCUT2D eigenvalue weighted by Gasteiger charge is 2.19. The van der Waals surface area contributed by atoms with Gasteiger partial charge in [-0.05, 0) is 25.8 Å². The second kappa shape index (κ2) is 6.00. The summed E-state index contributed by atoms with van der Waals surface area (Å²) in [5.74, 6) is 2.58. The van der Waals surface area contributed by atoms with E-state index >= 15 is 0 Å². The highest BCUT2D eigenvalue weighted by molar-refractivity contribution is 5.49. The van der Waals surface area contributed by atoms with E-state index in [2.05, 4.69) is 41.0 Å². The van der Waals surface area contributed by atoms with E-state index in [-0.39, 0.29) is 5.41 Å². The third kappa shape index (κ3) is 4.14. The van der Waals surface area contributed by atoms with Crippen LogP contribution in [0.3, 0.4) is 0 Å². The number of hydrogen-bond donors (Lipinski definition) is 2. The summed E-state index contributed by atoms with van der Waals surface area (Å²) in [5.41, 5.74) is 5.84. The van der Waals surface area contributed by atoms with Crippen molar-refractivity contribution >= 4 is 11.6 Å². The first-order valence-corrected chi connectivity index (χ1v) is 6.38. The van der Waals surface area contributed by atoms with E-state index < -0.39 is 0 Å². The van der Waals surface area contributed by atoms with Crippen molar-refractivity contribution in [2.24, 2.45) is 11.1 Å². The Labute approximate surface area is 110 Å². The lowest BCUT2D eigenvalue weighted by Gasteiger charge is -2.30. The van der Waals surface area contributed by atoms with Crippen molar-refractivity contribution in [2.75, 3.05) is 36.9 Å². The zero-order valence-electron chi connectivity index (χ0n) is 12.1. The summed E-state index contributed by atoms with van der Waals surface area (Å²) in [7, 11) is 2.04. The first-order chi connectivity index (χ1) is 8.38. The fraction of sp³-hybridized carbons (Fsp3) is 0.692. The number of nitrogens with zero attached hydrogens (tertiary/aromatic N) is 3. The molecule has 0 radical (unpaired) electrons. The van der Waals surface area contributed by atoms with Gasteiger partial charge in [-0.2, -0.15) is 0 Å². The standard InChI is InChI=1S/C13H25N5/c1-6-15-11-7-12(17-10(2)16-11)18(5)9-13(3,4)8-14/h7H,6,8-9,14H2,1-5H3,(H,15,16,17). The average molecular weight is 251 g/mol. The monoisotopic (exact) mass is 251 g/mol. The van der Waals surface area contributed by atoms with Crippen LogP contribution in [0.25, 0.3) is 0 Å². The molecular weight excluding hydrogens is 226 g/mol. The number of hydrogen-bond acceptors (Lipinski definition) is 5. The van der Waals surface area contributed by atoms with Gasteiger partial charge in [0.1, 0.15) is 17.5 Å². The van der Waals surface area contributed by atoms with Gasteiger partial charge in [0.15, 0.2) is 0 Å². The zero-order valence-corrected chi connectivity index (χ0v) is 12.1. The zero-order chi connectivity index (χ0) is 13.8. The topological polar surface area (TPSA) is 67.1 Å². The molecule has 18 heavy (non-hydrogen) atoms. The lowest BCUT2D eigenvalue weighted by atomic mass is 9.93. The predicted molar refractivity (Wildman–Crippen MR) is 77.0 cm³/mol. The van der Waals surface area contributed by atoms with Crippen molar-refractivity contribution < 1.29 is 0 Å². The second-order valence-electron chi connectivity index (χ2n) is 5.41. The number of anilines is 2. The van der Waals surface area contributed by atoms with Gasteiger partial charge in [-0.15, -0.1) is 0 Å². The quantitative estimate of drug-likeness (QED) is 0.804. The molecule has 1 aromatic heterocycles. The summed E-state index contributed by atoms with van der Waals surface area (Å²) in [6.45, 7) is 10.6. The van der Waals surface area contributed by atoms with Crippen molar-refractivity contribution in [1.82, 2.24) is 9.97 Å².